The second kappa shape index (κ2) is 13.6. The average Bonchev–Trinajstić information content (AvgIpc) is 2.63. The van der Waals surface area contributed by atoms with E-state index in [1.54, 1.807) is 7.05 Å². The second-order valence-corrected chi connectivity index (χ2v) is 6.40. The number of ether oxygens (including phenoxy) is 2. The highest BCUT2D eigenvalue weighted by atomic mass is 127. The Morgan fingerprint density at radius 3 is 2.64 bits per heavy atom. The van der Waals surface area contributed by atoms with Crippen molar-refractivity contribution in [1.29, 1.82) is 0 Å². The summed E-state index contributed by atoms with van der Waals surface area (Å²) in [5.41, 5.74) is 1.17. The molecule has 1 aromatic carbocycles. The standard InChI is InChI=1S/C18H28ClN3O2.HI/c1-20-18(22-13-15-3-5-17(19)6-4-15)21-9-2-10-24-14-16-7-11-23-12-8-16;/h3-6,16H,2,7-14H2,1H3,(H2,20,21,22);1H. The molecular formula is C18H29ClIN3O2. The molecule has 1 aliphatic rings. The molecule has 0 radical (unpaired) electrons. The molecule has 1 aromatic rings. The van der Waals surface area contributed by atoms with E-state index < -0.39 is 0 Å². The summed E-state index contributed by atoms with van der Waals surface area (Å²) in [6, 6.07) is 7.80. The van der Waals surface area contributed by atoms with Crippen LogP contribution in [0.15, 0.2) is 29.3 Å². The Hall–Kier alpha value is -0.570. The summed E-state index contributed by atoms with van der Waals surface area (Å²) in [6.07, 6.45) is 3.21. The first-order chi connectivity index (χ1) is 11.8. The van der Waals surface area contributed by atoms with Crippen LogP contribution in [0.5, 0.6) is 0 Å². The summed E-state index contributed by atoms with van der Waals surface area (Å²) in [5.74, 6) is 1.47. The fraction of sp³-hybridized carbons (Fsp3) is 0.611. The van der Waals surface area contributed by atoms with Gasteiger partial charge in [-0.05, 0) is 42.9 Å². The van der Waals surface area contributed by atoms with Crippen molar-refractivity contribution in [3.8, 4) is 0 Å². The molecule has 2 N–H and O–H groups in total. The first-order valence-corrected chi connectivity index (χ1v) is 9.00. The summed E-state index contributed by atoms with van der Waals surface area (Å²) in [4.78, 5) is 4.23. The molecule has 142 valence electrons. The number of nitrogens with one attached hydrogen (secondary N) is 2. The summed E-state index contributed by atoms with van der Waals surface area (Å²) in [7, 11) is 1.78. The van der Waals surface area contributed by atoms with Crippen molar-refractivity contribution < 1.29 is 9.47 Å². The maximum absolute atomic E-state index is 5.89. The Bertz CT molecular complexity index is 494. The number of halogens is 2. The second-order valence-electron chi connectivity index (χ2n) is 5.96. The largest absolute Gasteiger partial charge is 0.381 e. The van der Waals surface area contributed by atoms with E-state index in [9.17, 15) is 0 Å². The minimum atomic E-state index is 0. The van der Waals surface area contributed by atoms with Gasteiger partial charge in [-0.1, -0.05) is 23.7 Å². The van der Waals surface area contributed by atoms with Crippen LogP contribution in [0.4, 0.5) is 0 Å². The average molecular weight is 482 g/mol. The minimum absolute atomic E-state index is 0. The Labute approximate surface area is 172 Å². The molecule has 1 saturated heterocycles. The highest BCUT2D eigenvalue weighted by Crippen LogP contribution is 2.14. The van der Waals surface area contributed by atoms with Gasteiger partial charge in [0, 0.05) is 51.6 Å². The lowest BCUT2D eigenvalue weighted by molar-refractivity contribution is 0.0203. The summed E-state index contributed by atoms with van der Waals surface area (Å²) in [5, 5.41) is 7.34. The molecule has 1 heterocycles. The van der Waals surface area contributed by atoms with Gasteiger partial charge in [0.25, 0.3) is 0 Å². The third-order valence-electron chi connectivity index (χ3n) is 4.05. The molecular weight excluding hydrogens is 453 g/mol. The lowest BCUT2D eigenvalue weighted by atomic mass is 10.0. The Morgan fingerprint density at radius 2 is 1.96 bits per heavy atom. The molecule has 0 saturated carbocycles. The van der Waals surface area contributed by atoms with Crippen molar-refractivity contribution >= 4 is 41.5 Å². The number of nitrogens with zero attached hydrogens (tertiary/aromatic N) is 1. The zero-order valence-corrected chi connectivity index (χ0v) is 17.9. The number of aliphatic imine (C=N–C) groups is 1. The van der Waals surface area contributed by atoms with Gasteiger partial charge in [-0.2, -0.15) is 0 Å². The van der Waals surface area contributed by atoms with Crippen LogP contribution in [0, 0.1) is 5.92 Å². The molecule has 0 amide bonds. The van der Waals surface area contributed by atoms with Gasteiger partial charge < -0.3 is 20.1 Å². The summed E-state index contributed by atoms with van der Waals surface area (Å²) < 4.78 is 11.1. The van der Waals surface area contributed by atoms with Gasteiger partial charge in [-0.3, -0.25) is 4.99 Å². The van der Waals surface area contributed by atoms with Crippen LogP contribution in [0.3, 0.4) is 0 Å². The first-order valence-electron chi connectivity index (χ1n) is 8.62. The zero-order chi connectivity index (χ0) is 17.0. The Morgan fingerprint density at radius 1 is 1.24 bits per heavy atom. The molecule has 2 rings (SSSR count). The number of hydrogen-bond acceptors (Lipinski definition) is 3. The van der Waals surface area contributed by atoms with Gasteiger partial charge in [0.2, 0.25) is 0 Å². The van der Waals surface area contributed by atoms with E-state index in [0.29, 0.717) is 5.92 Å². The molecule has 1 fully saturated rings. The fourth-order valence-electron chi connectivity index (χ4n) is 2.55. The SMILES string of the molecule is CN=C(NCCCOCC1CCOCC1)NCc1ccc(Cl)cc1.I. The molecule has 0 bridgehead atoms. The highest BCUT2D eigenvalue weighted by molar-refractivity contribution is 14.0. The smallest absolute Gasteiger partial charge is 0.191 e. The van der Waals surface area contributed by atoms with Gasteiger partial charge in [-0.25, -0.2) is 0 Å². The molecule has 0 spiro atoms. The van der Waals surface area contributed by atoms with Gasteiger partial charge in [0.15, 0.2) is 5.96 Å². The normalized spacial score (nSPS) is 15.5. The quantitative estimate of drug-likeness (QED) is 0.258. The van der Waals surface area contributed by atoms with E-state index in [4.69, 9.17) is 21.1 Å². The highest BCUT2D eigenvalue weighted by Gasteiger charge is 2.13. The molecule has 1 aliphatic heterocycles. The van der Waals surface area contributed by atoms with E-state index >= 15 is 0 Å². The lowest BCUT2D eigenvalue weighted by Crippen LogP contribution is -2.37. The maximum Gasteiger partial charge on any atom is 0.191 e. The van der Waals surface area contributed by atoms with Crippen molar-refractivity contribution in [2.24, 2.45) is 10.9 Å². The molecule has 0 atom stereocenters. The van der Waals surface area contributed by atoms with Crippen LogP contribution in [0.2, 0.25) is 5.02 Å². The molecule has 0 unspecified atom stereocenters. The van der Waals surface area contributed by atoms with Crippen molar-refractivity contribution in [2.75, 3.05) is 40.0 Å². The van der Waals surface area contributed by atoms with Crippen molar-refractivity contribution in [3.63, 3.8) is 0 Å². The number of guanidine groups is 1. The van der Waals surface area contributed by atoms with E-state index in [0.717, 1.165) is 69.8 Å². The van der Waals surface area contributed by atoms with Crippen LogP contribution < -0.4 is 10.6 Å². The molecule has 0 aliphatic carbocycles. The third-order valence-corrected chi connectivity index (χ3v) is 4.30. The third kappa shape index (κ3) is 9.63. The topological polar surface area (TPSA) is 54.9 Å². The maximum atomic E-state index is 5.89. The zero-order valence-electron chi connectivity index (χ0n) is 14.8. The first kappa shape index (κ1) is 22.5. The monoisotopic (exact) mass is 481 g/mol. The number of rotatable bonds is 8. The van der Waals surface area contributed by atoms with E-state index in [-0.39, 0.29) is 24.0 Å². The predicted molar refractivity (Wildman–Crippen MR) is 114 cm³/mol. The van der Waals surface area contributed by atoms with E-state index in [1.807, 2.05) is 24.3 Å². The van der Waals surface area contributed by atoms with Crippen molar-refractivity contribution in [2.45, 2.75) is 25.8 Å². The number of hydrogen-bond donors (Lipinski definition) is 2. The van der Waals surface area contributed by atoms with E-state index in [1.165, 1.54) is 5.56 Å². The van der Waals surface area contributed by atoms with Crippen LogP contribution in [0.1, 0.15) is 24.8 Å². The van der Waals surface area contributed by atoms with Gasteiger partial charge in [-0.15, -0.1) is 24.0 Å². The number of benzene rings is 1. The van der Waals surface area contributed by atoms with E-state index in [2.05, 4.69) is 15.6 Å². The molecule has 25 heavy (non-hydrogen) atoms. The van der Waals surface area contributed by atoms with Gasteiger partial charge in [0.1, 0.15) is 0 Å². The van der Waals surface area contributed by atoms with Crippen molar-refractivity contribution in [1.82, 2.24) is 10.6 Å². The lowest BCUT2D eigenvalue weighted by Gasteiger charge is -2.21. The summed E-state index contributed by atoms with van der Waals surface area (Å²) in [6.45, 7) is 4.95. The predicted octanol–water partition coefficient (Wildman–Crippen LogP) is 3.46. The Kier molecular flexibility index (Phi) is 12.2. The van der Waals surface area contributed by atoms with Crippen LogP contribution >= 0.6 is 35.6 Å². The van der Waals surface area contributed by atoms with Crippen LogP contribution in [-0.4, -0.2) is 46.0 Å². The molecule has 5 nitrogen and oxygen atoms in total. The van der Waals surface area contributed by atoms with Gasteiger partial charge in [0.05, 0.1) is 0 Å². The van der Waals surface area contributed by atoms with Crippen molar-refractivity contribution in [3.05, 3.63) is 34.9 Å². The fourth-order valence-corrected chi connectivity index (χ4v) is 2.68. The molecule has 7 heteroatoms. The van der Waals surface area contributed by atoms with Crippen LogP contribution in [0.25, 0.3) is 0 Å². The minimum Gasteiger partial charge on any atom is -0.381 e. The van der Waals surface area contributed by atoms with Gasteiger partial charge >= 0.3 is 0 Å². The summed E-state index contributed by atoms with van der Waals surface area (Å²) >= 11 is 5.89. The molecule has 0 aromatic heterocycles. The Balaban J connectivity index is 0.00000312. The van der Waals surface area contributed by atoms with Crippen LogP contribution in [-0.2, 0) is 16.0 Å².